The molecule has 0 fully saturated rings. The SMILES string of the molecule is C=CCNC(=NCc1nnc(C)n1C)NCC(CC)Oc1cccc(C(F)(F)F)c1. The van der Waals surface area contributed by atoms with Crippen molar-refractivity contribution in [2.45, 2.75) is 39.1 Å². The average Bonchev–Trinajstić information content (AvgIpc) is 3.03. The molecule has 0 saturated carbocycles. The Balaban J connectivity index is 2.02. The number of guanidine groups is 1. The van der Waals surface area contributed by atoms with Crippen LogP contribution in [0.15, 0.2) is 41.9 Å². The first-order valence-electron chi connectivity index (χ1n) is 9.56. The van der Waals surface area contributed by atoms with Gasteiger partial charge in [0, 0.05) is 13.6 Å². The summed E-state index contributed by atoms with van der Waals surface area (Å²) in [6, 6.07) is 4.87. The van der Waals surface area contributed by atoms with Gasteiger partial charge in [0.2, 0.25) is 0 Å². The minimum Gasteiger partial charge on any atom is -0.489 e. The van der Waals surface area contributed by atoms with Gasteiger partial charge in [0.15, 0.2) is 11.8 Å². The van der Waals surface area contributed by atoms with Gasteiger partial charge in [-0.2, -0.15) is 13.2 Å². The largest absolute Gasteiger partial charge is 0.489 e. The Hall–Kier alpha value is -3.04. The number of aromatic nitrogens is 3. The van der Waals surface area contributed by atoms with Gasteiger partial charge in [-0.3, -0.25) is 0 Å². The lowest BCUT2D eigenvalue weighted by molar-refractivity contribution is -0.137. The van der Waals surface area contributed by atoms with E-state index in [9.17, 15) is 13.2 Å². The van der Waals surface area contributed by atoms with Crippen molar-refractivity contribution >= 4 is 5.96 Å². The third kappa shape index (κ3) is 6.78. The van der Waals surface area contributed by atoms with Crippen molar-refractivity contribution in [3.63, 3.8) is 0 Å². The lowest BCUT2D eigenvalue weighted by Gasteiger charge is -2.20. The van der Waals surface area contributed by atoms with Crippen molar-refractivity contribution in [3.8, 4) is 5.75 Å². The number of rotatable bonds is 9. The van der Waals surface area contributed by atoms with Crippen LogP contribution in [0.3, 0.4) is 0 Å². The third-order valence-corrected chi connectivity index (χ3v) is 4.39. The van der Waals surface area contributed by atoms with Gasteiger partial charge in [0.05, 0.1) is 12.1 Å². The molecule has 164 valence electrons. The Bertz CT molecular complexity index is 862. The maximum atomic E-state index is 12.9. The van der Waals surface area contributed by atoms with Gasteiger partial charge in [-0.15, -0.1) is 16.8 Å². The van der Waals surface area contributed by atoms with Crippen LogP contribution >= 0.6 is 0 Å². The van der Waals surface area contributed by atoms with Gasteiger partial charge >= 0.3 is 6.18 Å². The molecule has 0 saturated heterocycles. The van der Waals surface area contributed by atoms with Crippen LogP contribution in [0.25, 0.3) is 0 Å². The number of alkyl halides is 3. The zero-order chi connectivity index (χ0) is 22.1. The van der Waals surface area contributed by atoms with Crippen LogP contribution in [0.2, 0.25) is 0 Å². The summed E-state index contributed by atoms with van der Waals surface area (Å²) in [5.41, 5.74) is -0.739. The molecule has 0 aliphatic rings. The molecular formula is C20H27F3N6O. The summed E-state index contributed by atoms with van der Waals surface area (Å²) in [6.45, 7) is 8.59. The Morgan fingerprint density at radius 2 is 2.10 bits per heavy atom. The smallest absolute Gasteiger partial charge is 0.416 e. The first kappa shape index (κ1) is 23.2. The van der Waals surface area contributed by atoms with E-state index in [1.165, 1.54) is 12.1 Å². The Morgan fingerprint density at radius 3 is 2.70 bits per heavy atom. The predicted molar refractivity (Wildman–Crippen MR) is 109 cm³/mol. The van der Waals surface area contributed by atoms with Crippen molar-refractivity contribution in [1.82, 2.24) is 25.4 Å². The van der Waals surface area contributed by atoms with Crippen LogP contribution in [-0.4, -0.2) is 39.9 Å². The molecule has 7 nitrogen and oxygen atoms in total. The van der Waals surface area contributed by atoms with Gasteiger partial charge in [0.25, 0.3) is 0 Å². The number of halogens is 3. The number of hydrogen-bond donors (Lipinski definition) is 2. The number of aryl methyl sites for hydroxylation is 1. The first-order chi connectivity index (χ1) is 14.2. The summed E-state index contributed by atoms with van der Waals surface area (Å²) in [7, 11) is 1.86. The minimum absolute atomic E-state index is 0.172. The summed E-state index contributed by atoms with van der Waals surface area (Å²) in [4.78, 5) is 4.48. The molecule has 2 rings (SSSR count). The molecule has 2 aromatic rings. The summed E-state index contributed by atoms with van der Waals surface area (Å²) in [5.74, 6) is 2.18. The number of nitrogens with zero attached hydrogens (tertiary/aromatic N) is 4. The highest BCUT2D eigenvalue weighted by atomic mass is 19.4. The second-order valence-electron chi connectivity index (χ2n) is 6.61. The van der Waals surface area contributed by atoms with Crippen molar-refractivity contribution in [3.05, 3.63) is 54.1 Å². The van der Waals surface area contributed by atoms with Crippen molar-refractivity contribution < 1.29 is 17.9 Å². The highest BCUT2D eigenvalue weighted by Gasteiger charge is 2.30. The highest BCUT2D eigenvalue weighted by molar-refractivity contribution is 5.79. The number of nitrogens with one attached hydrogen (secondary N) is 2. The number of aliphatic imine (C=N–C) groups is 1. The molecular weight excluding hydrogens is 397 g/mol. The maximum absolute atomic E-state index is 12.9. The highest BCUT2D eigenvalue weighted by Crippen LogP contribution is 2.31. The van der Waals surface area contributed by atoms with E-state index in [-0.39, 0.29) is 11.9 Å². The fourth-order valence-electron chi connectivity index (χ4n) is 2.50. The molecule has 30 heavy (non-hydrogen) atoms. The van der Waals surface area contributed by atoms with E-state index in [0.29, 0.717) is 37.8 Å². The molecule has 1 aromatic heterocycles. The number of ether oxygens (including phenoxy) is 1. The summed E-state index contributed by atoms with van der Waals surface area (Å²) in [5, 5.41) is 14.3. The standard InChI is InChI=1S/C20H27F3N6O/c1-5-10-24-19(26-13-18-28-27-14(3)29(18)4)25-12-16(6-2)30-17-9-7-8-15(11-17)20(21,22)23/h5,7-9,11,16H,1,6,10,12-13H2,2-4H3,(H2,24,25,26). The van der Waals surface area contributed by atoms with E-state index in [0.717, 1.165) is 18.0 Å². The molecule has 1 atom stereocenters. The molecule has 0 bridgehead atoms. The van der Waals surface area contributed by atoms with Crippen molar-refractivity contribution in [2.24, 2.45) is 12.0 Å². The van der Waals surface area contributed by atoms with E-state index < -0.39 is 11.7 Å². The molecule has 0 aliphatic carbocycles. The van der Waals surface area contributed by atoms with E-state index >= 15 is 0 Å². The van der Waals surface area contributed by atoms with Gasteiger partial charge in [-0.25, -0.2) is 4.99 Å². The lowest BCUT2D eigenvalue weighted by atomic mass is 10.2. The van der Waals surface area contributed by atoms with Gasteiger partial charge in [-0.05, 0) is 31.5 Å². The molecule has 1 unspecified atom stereocenters. The normalized spacial score (nSPS) is 13.1. The molecule has 1 heterocycles. The van der Waals surface area contributed by atoms with Crippen molar-refractivity contribution in [2.75, 3.05) is 13.1 Å². The van der Waals surface area contributed by atoms with Crippen LogP contribution in [0, 0.1) is 6.92 Å². The van der Waals surface area contributed by atoms with E-state index in [4.69, 9.17) is 4.74 Å². The predicted octanol–water partition coefficient (Wildman–Crippen LogP) is 3.22. The quantitative estimate of drug-likeness (QED) is 0.367. The molecule has 1 aromatic carbocycles. The van der Waals surface area contributed by atoms with Crippen LogP contribution < -0.4 is 15.4 Å². The van der Waals surface area contributed by atoms with Crippen LogP contribution in [0.4, 0.5) is 13.2 Å². The Labute approximate surface area is 174 Å². The number of hydrogen-bond acceptors (Lipinski definition) is 4. The van der Waals surface area contributed by atoms with Crippen molar-refractivity contribution in [1.29, 1.82) is 0 Å². The molecule has 0 amide bonds. The minimum atomic E-state index is -4.41. The lowest BCUT2D eigenvalue weighted by Crippen LogP contribution is -2.42. The summed E-state index contributed by atoms with van der Waals surface area (Å²) in [6.07, 6.45) is -2.46. The van der Waals surface area contributed by atoms with E-state index in [1.807, 2.05) is 25.5 Å². The zero-order valence-corrected chi connectivity index (χ0v) is 17.3. The average molecular weight is 424 g/mol. The van der Waals surface area contributed by atoms with E-state index in [1.54, 1.807) is 6.08 Å². The zero-order valence-electron chi connectivity index (χ0n) is 17.3. The summed E-state index contributed by atoms with van der Waals surface area (Å²) >= 11 is 0. The third-order valence-electron chi connectivity index (χ3n) is 4.39. The summed E-state index contributed by atoms with van der Waals surface area (Å²) < 4.78 is 46.3. The van der Waals surface area contributed by atoms with E-state index in [2.05, 4.69) is 32.4 Å². The fourth-order valence-corrected chi connectivity index (χ4v) is 2.50. The Kier molecular flexibility index (Phi) is 8.25. The van der Waals surface area contributed by atoms with Crippen LogP contribution in [0.1, 0.15) is 30.6 Å². The maximum Gasteiger partial charge on any atom is 0.416 e. The molecule has 0 aliphatic heterocycles. The topological polar surface area (TPSA) is 76.4 Å². The second kappa shape index (κ2) is 10.7. The monoisotopic (exact) mass is 424 g/mol. The fraction of sp³-hybridized carbons (Fsp3) is 0.450. The van der Waals surface area contributed by atoms with Crippen LogP contribution in [-0.2, 0) is 19.8 Å². The molecule has 2 N–H and O–H groups in total. The second-order valence-corrected chi connectivity index (χ2v) is 6.61. The molecule has 0 spiro atoms. The molecule has 0 radical (unpaired) electrons. The first-order valence-corrected chi connectivity index (χ1v) is 9.56. The number of benzene rings is 1. The molecule has 10 heteroatoms. The van der Waals surface area contributed by atoms with Gasteiger partial charge < -0.3 is 19.9 Å². The van der Waals surface area contributed by atoms with Gasteiger partial charge in [-0.1, -0.05) is 19.1 Å². The Morgan fingerprint density at radius 1 is 1.33 bits per heavy atom. The van der Waals surface area contributed by atoms with Crippen LogP contribution in [0.5, 0.6) is 5.75 Å². The van der Waals surface area contributed by atoms with Gasteiger partial charge in [0.1, 0.15) is 24.2 Å².